The largest absolute Gasteiger partial charge is 0.574 e. The Bertz CT molecular complexity index is 438. The lowest BCUT2D eigenvalue weighted by Crippen LogP contribution is -2.19. The second-order valence-electron chi connectivity index (χ2n) is 2.68. The predicted octanol–water partition coefficient (Wildman–Crippen LogP) is 1.90. The molecule has 2 N–H and O–H groups in total. The van der Waals surface area contributed by atoms with Crippen LogP contribution in [0.2, 0.25) is 0 Å². The Labute approximate surface area is 87.3 Å². The third-order valence-corrected chi connectivity index (χ3v) is 1.56. The molecule has 0 aliphatic rings. The van der Waals surface area contributed by atoms with Crippen LogP contribution >= 0.6 is 0 Å². The molecule has 0 spiro atoms. The summed E-state index contributed by atoms with van der Waals surface area (Å²) in [5, 5.41) is 8.57. The molecule has 0 saturated heterocycles. The van der Waals surface area contributed by atoms with Crippen molar-refractivity contribution in [2.75, 3.05) is 5.73 Å². The zero-order valence-corrected chi connectivity index (χ0v) is 7.68. The number of nitrogens with two attached hydrogens (primary N) is 1. The molecule has 0 aliphatic carbocycles. The topological polar surface area (TPSA) is 71.9 Å². The van der Waals surface area contributed by atoms with E-state index in [9.17, 15) is 17.6 Å². The summed E-state index contributed by atoms with van der Waals surface area (Å²) in [5.41, 5.74) is 4.23. The van der Waals surface area contributed by atoms with Gasteiger partial charge in [0.1, 0.15) is 24.1 Å². The summed E-state index contributed by atoms with van der Waals surface area (Å²) in [4.78, 5) is 3.18. The maximum atomic E-state index is 12.4. The molecule has 0 unspecified atom stereocenters. The van der Waals surface area contributed by atoms with Crippen LogP contribution in [0.4, 0.5) is 23.4 Å². The van der Waals surface area contributed by atoms with E-state index in [0.717, 1.165) is 6.07 Å². The standard InChI is InChI=1S/C8H5F4N3O/c9-2-4-1-6(14)15-7(5(4)3-13)16-8(10,11)12/h1H,2H2,(H2,14,15). The van der Waals surface area contributed by atoms with Gasteiger partial charge in [-0.25, -0.2) is 4.39 Å². The third-order valence-electron chi connectivity index (χ3n) is 1.56. The van der Waals surface area contributed by atoms with Crippen molar-refractivity contribution in [3.8, 4) is 11.9 Å². The summed E-state index contributed by atoms with van der Waals surface area (Å²) in [6.07, 6.45) is -5.01. The molecule has 1 heterocycles. The number of pyridine rings is 1. The Morgan fingerprint density at radius 3 is 2.56 bits per heavy atom. The number of nitrogens with zero attached hydrogens (tertiary/aromatic N) is 2. The summed E-state index contributed by atoms with van der Waals surface area (Å²) in [6, 6.07) is 2.36. The maximum Gasteiger partial charge on any atom is 0.574 e. The van der Waals surface area contributed by atoms with Crippen molar-refractivity contribution in [1.29, 1.82) is 5.26 Å². The summed E-state index contributed by atoms with van der Waals surface area (Å²) >= 11 is 0. The van der Waals surface area contributed by atoms with E-state index in [1.165, 1.54) is 6.07 Å². The molecule has 4 nitrogen and oxygen atoms in total. The summed E-state index contributed by atoms with van der Waals surface area (Å²) in [6.45, 7) is -1.14. The van der Waals surface area contributed by atoms with Gasteiger partial charge in [0.15, 0.2) is 0 Å². The van der Waals surface area contributed by atoms with Crippen LogP contribution in [0.5, 0.6) is 5.88 Å². The number of nitrogen functional groups attached to an aromatic ring is 1. The Morgan fingerprint density at radius 2 is 2.12 bits per heavy atom. The molecule has 16 heavy (non-hydrogen) atoms. The Hall–Kier alpha value is -2.04. The van der Waals surface area contributed by atoms with Crippen molar-refractivity contribution in [2.24, 2.45) is 0 Å². The van der Waals surface area contributed by atoms with Crippen molar-refractivity contribution < 1.29 is 22.3 Å². The number of hydrogen-bond donors (Lipinski definition) is 1. The molecule has 0 saturated carbocycles. The van der Waals surface area contributed by atoms with Crippen LogP contribution < -0.4 is 10.5 Å². The van der Waals surface area contributed by atoms with Crippen molar-refractivity contribution >= 4 is 5.82 Å². The Balaban J connectivity index is 3.27. The van der Waals surface area contributed by atoms with Crippen LogP contribution in [0.25, 0.3) is 0 Å². The molecule has 86 valence electrons. The van der Waals surface area contributed by atoms with Crippen molar-refractivity contribution in [3.63, 3.8) is 0 Å². The highest BCUT2D eigenvalue weighted by atomic mass is 19.4. The zero-order valence-electron chi connectivity index (χ0n) is 7.68. The zero-order chi connectivity index (χ0) is 12.3. The van der Waals surface area contributed by atoms with Crippen molar-refractivity contribution in [2.45, 2.75) is 13.0 Å². The molecular formula is C8H5F4N3O. The first-order chi connectivity index (χ1) is 7.37. The quantitative estimate of drug-likeness (QED) is 0.794. The third kappa shape index (κ3) is 2.73. The smallest absolute Gasteiger partial charge is 0.386 e. The first-order valence-corrected chi connectivity index (χ1v) is 3.88. The van der Waals surface area contributed by atoms with Gasteiger partial charge in [-0.05, 0) is 6.07 Å². The molecule has 0 atom stereocenters. The highest BCUT2D eigenvalue weighted by molar-refractivity contribution is 5.50. The van der Waals surface area contributed by atoms with Crippen molar-refractivity contribution in [1.82, 2.24) is 4.98 Å². The molecule has 0 bridgehead atoms. The predicted molar refractivity (Wildman–Crippen MR) is 44.9 cm³/mol. The van der Waals surface area contributed by atoms with Gasteiger partial charge in [-0.2, -0.15) is 10.2 Å². The first-order valence-electron chi connectivity index (χ1n) is 3.88. The minimum atomic E-state index is -5.01. The van der Waals surface area contributed by atoms with Crippen LogP contribution in [-0.2, 0) is 6.67 Å². The van der Waals surface area contributed by atoms with Gasteiger partial charge in [0.25, 0.3) is 0 Å². The number of anilines is 1. The highest BCUT2D eigenvalue weighted by Crippen LogP contribution is 2.28. The maximum absolute atomic E-state index is 12.4. The lowest BCUT2D eigenvalue weighted by Gasteiger charge is -2.11. The molecule has 0 aromatic carbocycles. The summed E-state index contributed by atoms with van der Waals surface area (Å²) < 4.78 is 51.6. The number of hydrogen-bond acceptors (Lipinski definition) is 4. The van der Waals surface area contributed by atoms with E-state index in [1.807, 2.05) is 0 Å². The number of nitriles is 1. The monoisotopic (exact) mass is 235 g/mol. The second-order valence-corrected chi connectivity index (χ2v) is 2.68. The number of alkyl halides is 4. The van der Waals surface area contributed by atoms with Gasteiger partial charge in [0, 0.05) is 5.56 Å². The van der Waals surface area contributed by atoms with Gasteiger partial charge in [-0.15, -0.1) is 13.2 Å². The molecule has 8 heteroatoms. The van der Waals surface area contributed by atoms with Gasteiger partial charge in [0.05, 0.1) is 0 Å². The fraction of sp³-hybridized carbons (Fsp3) is 0.250. The molecule has 0 amide bonds. The number of ether oxygens (including phenoxy) is 1. The number of rotatable bonds is 2. The van der Waals surface area contributed by atoms with E-state index in [-0.39, 0.29) is 11.4 Å². The van der Waals surface area contributed by atoms with E-state index in [0.29, 0.717) is 0 Å². The first kappa shape index (κ1) is 12.0. The second kappa shape index (κ2) is 4.22. The molecule has 1 aromatic rings. The van der Waals surface area contributed by atoms with E-state index >= 15 is 0 Å². The molecule has 1 rings (SSSR count). The Morgan fingerprint density at radius 1 is 1.50 bits per heavy atom. The Kier molecular flexibility index (Phi) is 3.17. The summed E-state index contributed by atoms with van der Waals surface area (Å²) in [7, 11) is 0. The fourth-order valence-corrected chi connectivity index (χ4v) is 1.00. The van der Waals surface area contributed by atoms with E-state index < -0.39 is 24.5 Å². The lowest BCUT2D eigenvalue weighted by molar-refractivity contribution is -0.276. The molecule has 0 aliphatic heterocycles. The van der Waals surface area contributed by atoms with E-state index in [4.69, 9.17) is 11.0 Å². The lowest BCUT2D eigenvalue weighted by atomic mass is 10.1. The fourth-order valence-electron chi connectivity index (χ4n) is 1.00. The average molecular weight is 235 g/mol. The van der Waals surface area contributed by atoms with E-state index in [1.54, 1.807) is 0 Å². The minimum Gasteiger partial charge on any atom is -0.386 e. The van der Waals surface area contributed by atoms with Gasteiger partial charge >= 0.3 is 6.36 Å². The highest BCUT2D eigenvalue weighted by Gasteiger charge is 2.33. The van der Waals surface area contributed by atoms with Crippen molar-refractivity contribution in [3.05, 3.63) is 17.2 Å². The van der Waals surface area contributed by atoms with E-state index in [2.05, 4.69) is 9.72 Å². The molecular weight excluding hydrogens is 230 g/mol. The van der Waals surface area contributed by atoms with Crippen LogP contribution in [0.1, 0.15) is 11.1 Å². The van der Waals surface area contributed by atoms with Gasteiger partial charge < -0.3 is 10.5 Å². The van der Waals surface area contributed by atoms with Crippen LogP contribution in [-0.4, -0.2) is 11.3 Å². The van der Waals surface area contributed by atoms with Crippen LogP contribution in [0.15, 0.2) is 6.07 Å². The minimum absolute atomic E-state index is 0.297. The van der Waals surface area contributed by atoms with Crippen LogP contribution in [0.3, 0.4) is 0 Å². The SMILES string of the molecule is N#Cc1c(CF)cc(N)nc1OC(F)(F)F. The van der Waals surface area contributed by atoms with Gasteiger partial charge in [0.2, 0.25) is 5.88 Å². The van der Waals surface area contributed by atoms with Gasteiger partial charge in [-0.1, -0.05) is 0 Å². The van der Waals surface area contributed by atoms with Crippen LogP contribution in [0, 0.1) is 11.3 Å². The number of aromatic nitrogens is 1. The summed E-state index contributed by atoms with van der Waals surface area (Å²) in [5.74, 6) is -1.39. The number of halogens is 4. The average Bonchev–Trinajstić information content (AvgIpc) is 2.14. The van der Waals surface area contributed by atoms with Gasteiger partial charge in [-0.3, -0.25) is 0 Å². The normalized spacial score (nSPS) is 10.9. The molecule has 0 radical (unpaired) electrons. The molecule has 1 aromatic heterocycles. The molecule has 0 fully saturated rings.